The van der Waals surface area contributed by atoms with Crippen molar-refractivity contribution in [3.8, 4) is 0 Å². The second-order valence-electron chi connectivity index (χ2n) is 5.37. The molecule has 1 aliphatic rings. The Hall–Kier alpha value is -1.84. The summed E-state index contributed by atoms with van der Waals surface area (Å²) in [6, 6.07) is 8.68. The number of carbonyl (C=O) groups is 2. The first kappa shape index (κ1) is 15.5. The minimum absolute atomic E-state index is 0.0178. The van der Waals surface area contributed by atoms with Crippen LogP contribution in [0.1, 0.15) is 55.8 Å². The van der Waals surface area contributed by atoms with Crippen LogP contribution in [-0.4, -0.2) is 24.1 Å². The number of rotatable bonds is 5. The third kappa shape index (κ3) is 4.59. The van der Waals surface area contributed by atoms with Crippen molar-refractivity contribution in [1.29, 1.82) is 0 Å². The lowest BCUT2D eigenvalue weighted by molar-refractivity contribution is -0.161. The van der Waals surface area contributed by atoms with Crippen LogP contribution < -0.4 is 0 Å². The lowest BCUT2D eigenvalue weighted by Gasteiger charge is -2.24. The Morgan fingerprint density at radius 1 is 1.14 bits per heavy atom. The number of carbonyl (C=O) groups excluding carboxylic acids is 2. The molecule has 0 radical (unpaired) electrons. The number of hydrogen-bond acceptors (Lipinski definition) is 4. The maximum Gasteiger partial charge on any atom is 0.347 e. The molecule has 1 fully saturated rings. The van der Waals surface area contributed by atoms with Gasteiger partial charge in [0.05, 0.1) is 5.56 Å². The Morgan fingerprint density at radius 2 is 1.81 bits per heavy atom. The molecular weight excluding hydrogens is 268 g/mol. The maximum atomic E-state index is 12.1. The number of esters is 2. The first-order valence-corrected chi connectivity index (χ1v) is 7.67. The Kier molecular flexibility index (Phi) is 5.78. The van der Waals surface area contributed by atoms with Crippen LogP contribution in [0.2, 0.25) is 0 Å². The molecule has 0 amide bonds. The topological polar surface area (TPSA) is 52.6 Å². The van der Waals surface area contributed by atoms with Gasteiger partial charge in [-0.2, -0.15) is 0 Å². The number of ether oxygens (including phenoxy) is 2. The molecule has 1 aromatic carbocycles. The highest BCUT2D eigenvalue weighted by Gasteiger charge is 2.26. The zero-order valence-corrected chi connectivity index (χ0v) is 12.4. The molecule has 21 heavy (non-hydrogen) atoms. The summed E-state index contributed by atoms with van der Waals surface area (Å²) in [6.45, 7) is 1.81. The van der Waals surface area contributed by atoms with Gasteiger partial charge in [0, 0.05) is 0 Å². The van der Waals surface area contributed by atoms with Crippen LogP contribution in [0, 0.1) is 0 Å². The molecule has 1 saturated carbocycles. The zero-order valence-electron chi connectivity index (χ0n) is 12.4. The summed E-state index contributed by atoms with van der Waals surface area (Å²) in [5, 5.41) is 0. The summed E-state index contributed by atoms with van der Waals surface area (Å²) >= 11 is 0. The van der Waals surface area contributed by atoms with E-state index in [4.69, 9.17) is 9.47 Å². The highest BCUT2D eigenvalue weighted by atomic mass is 16.6. The molecule has 1 atom stereocenters. The molecule has 2 rings (SSSR count). The standard InChI is InChI=1S/C17H22O4/c1-2-15(17(19)20-14-11-7-4-8-12-14)21-16(18)13-9-5-3-6-10-13/h3,5-6,9-10,14-15H,2,4,7-8,11-12H2,1H3. The van der Waals surface area contributed by atoms with E-state index in [1.807, 2.05) is 13.0 Å². The van der Waals surface area contributed by atoms with Crippen LogP contribution in [-0.2, 0) is 14.3 Å². The SMILES string of the molecule is CCC(OC(=O)c1ccccc1)C(=O)OC1CCCCC1. The minimum Gasteiger partial charge on any atom is -0.460 e. The van der Waals surface area contributed by atoms with E-state index in [2.05, 4.69) is 0 Å². The average molecular weight is 290 g/mol. The van der Waals surface area contributed by atoms with E-state index in [0.29, 0.717) is 12.0 Å². The molecule has 0 saturated heterocycles. The van der Waals surface area contributed by atoms with Gasteiger partial charge >= 0.3 is 11.9 Å². The van der Waals surface area contributed by atoms with Crippen LogP contribution in [0.15, 0.2) is 30.3 Å². The van der Waals surface area contributed by atoms with Crippen LogP contribution in [0.4, 0.5) is 0 Å². The summed E-state index contributed by atoms with van der Waals surface area (Å²) in [4.78, 5) is 24.1. The lowest BCUT2D eigenvalue weighted by atomic mass is 9.98. The largest absolute Gasteiger partial charge is 0.460 e. The summed E-state index contributed by atoms with van der Waals surface area (Å²) in [5.74, 6) is -0.906. The van der Waals surface area contributed by atoms with E-state index in [1.54, 1.807) is 24.3 Å². The van der Waals surface area contributed by atoms with Crippen molar-refractivity contribution >= 4 is 11.9 Å². The highest BCUT2D eigenvalue weighted by molar-refractivity contribution is 5.91. The fourth-order valence-electron chi connectivity index (χ4n) is 2.49. The van der Waals surface area contributed by atoms with Gasteiger partial charge < -0.3 is 9.47 Å². The van der Waals surface area contributed by atoms with Gasteiger partial charge in [0.2, 0.25) is 0 Å². The second kappa shape index (κ2) is 7.81. The van der Waals surface area contributed by atoms with Crippen molar-refractivity contribution < 1.29 is 19.1 Å². The van der Waals surface area contributed by atoms with Crippen LogP contribution in [0.3, 0.4) is 0 Å². The smallest absolute Gasteiger partial charge is 0.347 e. The van der Waals surface area contributed by atoms with Gasteiger partial charge in [-0.05, 0) is 44.2 Å². The van der Waals surface area contributed by atoms with E-state index < -0.39 is 18.0 Å². The van der Waals surface area contributed by atoms with Gasteiger partial charge in [0.1, 0.15) is 6.10 Å². The van der Waals surface area contributed by atoms with E-state index in [1.165, 1.54) is 6.42 Å². The van der Waals surface area contributed by atoms with E-state index >= 15 is 0 Å². The normalized spacial score (nSPS) is 17.0. The molecule has 1 aliphatic carbocycles. The molecule has 1 unspecified atom stereocenters. The molecular formula is C17H22O4. The van der Waals surface area contributed by atoms with Crippen LogP contribution in [0.25, 0.3) is 0 Å². The molecule has 0 N–H and O–H groups in total. The molecule has 0 heterocycles. The summed E-state index contributed by atoms with van der Waals surface area (Å²) in [5.41, 5.74) is 0.446. The van der Waals surface area contributed by atoms with Crippen molar-refractivity contribution in [2.75, 3.05) is 0 Å². The number of benzene rings is 1. The van der Waals surface area contributed by atoms with E-state index in [0.717, 1.165) is 25.7 Å². The summed E-state index contributed by atoms with van der Waals surface area (Å²) < 4.78 is 10.7. The maximum absolute atomic E-state index is 12.1. The molecule has 0 aromatic heterocycles. The van der Waals surface area contributed by atoms with Crippen molar-refractivity contribution in [2.24, 2.45) is 0 Å². The molecule has 0 spiro atoms. The molecule has 1 aromatic rings. The molecule has 114 valence electrons. The Morgan fingerprint density at radius 3 is 2.43 bits per heavy atom. The molecule has 4 nitrogen and oxygen atoms in total. The second-order valence-corrected chi connectivity index (χ2v) is 5.37. The predicted molar refractivity (Wildman–Crippen MR) is 78.9 cm³/mol. The Balaban J connectivity index is 1.89. The van der Waals surface area contributed by atoms with Gasteiger partial charge in [-0.3, -0.25) is 0 Å². The third-order valence-electron chi connectivity index (χ3n) is 3.73. The van der Waals surface area contributed by atoms with Crippen LogP contribution in [0.5, 0.6) is 0 Å². The summed E-state index contributed by atoms with van der Waals surface area (Å²) in [7, 11) is 0. The van der Waals surface area contributed by atoms with Crippen LogP contribution >= 0.6 is 0 Å². The van der Waals surface area contributed by atoms with Gasteiger partial charge in [-0.25, -0.2) is 9.59 Å². The van der Waals surface area contributed by atoms with E-state index in [9.17, 15) is 9.59 Å². The van der Waals surface area contributed by atoms with Crippen molar-refractivity contribution in [3.63, 3.8) is 0 Å². The lowest BCUT2D eigenvalue weighted by Crippen LogP contribution is -2.32. The highest BCUT2D eigenvalue weighted by Crippen LogP contribution is 2.21. The summed E-state index contributed by atoms with van der Waals surface area (Å²) in [6.07, 6.45) is 4.80. The fourth-order valence-corrected chi connectivity index (χ4v) is 2.49. The van der Waals surface area contributed by atoms with Crippen molar-refractivity contribution in [3.05, 3.63) is 35.9 Å². The van der Waals surface area contributed by atoms with Gasteiger partial charge in [0.25, 0.3) is 0 Å². The number of hydrogen-bond donors (Lipinski definition) is 0. The van der Waals surface area contributed by atoms with Crippen molar-refractivity contribution in [1.82, 2.24) is 0 Å². The average Bonchev–Trinajstić information content (AvgIpc) is 2.54. The molecule has 0 aliphatic heterocycles. The molecule has 4 heteroatoms. The zero-order chi connectivity index (χ0) is 15.1. The monoisotopic (exact) mass is 290 g/mol. The fraction of sp³-hybridized carbons (Fsp3) is 0.529. The first-order chi connectivity index (χ1) is 10.2. The van der Waals surface area contributed by atoms with Crippen molar-refractivity contribution in [2.45, 2.75) is 57.7 Å². The predicted octanol–water partition coefficient (Wildman–Crippen LogP) is 3.50. The van der Waals surface area contributed by atoms with E-state index in [-0.39, 0.29) is 6.10 Å². The van der Waals surface area contributed by atoms with Gasteiger partial charge in [-0.1, -0.05) is 31.5 Å². The first-order valence-electron chi connectivity index (χ1n) is 7.67. The third-order valence-corrected chi connectivity index (χ3v) is 3.73. The Labute approximate surface area is 125 Å². The Bertz CT molecular complexity index is 463. The quantitative estimate of drug-likeness (QED) is 0.779. The molecule has 0 bridgehead atoms. The van der Waals surface area contributed by atoms with Gasteiger partial charge in [-0.15, -0.1) is 0 Å². The van der Waals surface area contributed by atoms with Gasteiger partial charge in [0.15, 0.2) is 6.10 Å². The minimum atomic E-state index is -0.820.